The summed E-state index contributed by atoms with van der Waals surface area (Å²) < 4.78 is 5.54. The van der Waals surface area contributed by atoms with Gasteiger partial charge in [-0.2, -0.15) is 0 Å². The number of nitrogens with one attached hydrogen (secondary N) is 1. The van der Waals surface area contributed by atoms with Gasteiger partial charge in [0.15, 0.2) is 0 Å². The Morgan fingerprint density at radius 3 is 2.52 bits per heavy atom. The molecule has 1 aliphatic heterocycles. The molecular formula is C21H29NO. The fraction of sp³-hybridized carbons (Fsp3) is 0.714. The summed E-state index contributed by atoms with van der Waals surface area (Å²) in [4.78, 5) is 0. The van der Waals surface area contributed by atoms with Crippen molar-refractivity contribution >= 4 is 0 Å². The molecule has 2 heteroatoms. The fourth-order valence-electron chi connectivity index (χ4n) is 6.28. The summed E-state index contributed by atoms with van der Waals surface area (Å²) in [7, 11) is 0. The molecule has 124 valence electrons. The molecule has 0 aromatic heterocycles. The van der Waals surface area contributed by atoms with Crippen molar-refractivity contribution in [2.24, 2.45) is 29.6 Å². The summed E-state index contributed by atoms with van der Waals surface area (Å²) in [6, 6.07) is 6.97. The van der Waals surface area contributed by atoms with E-state index in [4.69, 9.17) is 4.74 Å². The minimum absolute atomic E-state index is 0.802. The lowest BCUT2D eigenvalue weighted by molar-refractivity contribution is -0.0355. The summed E-state index contributed by atoms with van der Waals surface area (Å²) in [6.07, 6.45) is 8.80. The summed E-state index contributed by atoms with van der Waals surface area (Å²) in [5.74, 6) is 5.24. The number of ether oxygens (including phenoxy) is 1. The zero-order valence-corrected chi connectivity index (χ0v) is 14.1. The first-order valence-electron chi connectivity index (χ1n) is 9.74. The topological polar surface area (TPSA) is 21.3 Å². The molecule has 1 heterocycles. The lowest BCUT2D eigenvalue weighted by Crippen LogP contribution is -2.48. The molecule has 0 spiro atoms. The van der Waals surface area contributed by atoms with E-state index >= 15 is 0 Å². The molecule has 1 aromatic rings. The summed E-state index contributed by atoms with van der Waals surface area (Å²) in [6.45, 7) is 3.97. The van der Waals surface area contributed by atoms with E-state index in [1.807, 2.05) is 0 Å². The highest BCUT2D eigenvalue weighted by atomic mass is 16.5. The molecule has 23 heavy (non-hydrogen) atoms. The highest BCUT2D eigenvalue weighted by molar-refractivity contribution is 5.32. The van der Waals surface area contributed by atoms with Crippen molar-refractivity contribution < 1.29 is 4.74 Å². The number of rotatable bonds is 4. The number of benzene rings is 1. The maximum atomic E-state index is 5.54. The standard InChI is InChI=1S/C21H29NO/c1-2-18-13-23-4-3-17(18)6-14(1)11-22-12-21-19-7-15-5-16(9-19)10-20(21)8-15/h1-2,6,15-16,19-22H,3-5,7-13H2. The van der Waals surface area contributed by atoms with Crippen LogP contribution in [0.3, 0.4) is 0 Å². The predicted molar refractivity (Wildman–Crippen MR) is 92.0 cm³/mol. The van der Waals surface area contributed by atoms with Gasteiger partial charge in [0.25, 0.3) is 0 Å². The van der Waals surface area contributed by atoms with Crippen LogP contribution in [0.2, 0.25) is 0 Å². The van der Waals surface area contributed by atoms with Gasteiger partial charge in [-0.05, 0) is 91.3 Å². The van der Waals surface area contributed by atoms with Crippen LogP contribution in [0, 0.1) is 29.6 Å². The predicted octanol–water partition coefficient (Wildman–Crippen LogP) is 3.92. The van der Waals surface area contributed by atoms with Crippen LogP contribution >= 0.6 is 0 Å². The Morgan fingerprint density at radius 2 is 1.74 bits per heavy atom. The zero-order chi connectivity index (χ0) is 15.2. The molecule has 4 aliphatic carbocycles. The Morgan fingerprint density at radius 1 is 0.957 bits per heavy atom. The van der Waals surface area contributed by atoms with Crippen molar-refractivity contribution in [2.45, 2.75) is 51.7 Å². The Balaban J connectivity index is 1.19. The van der Waals surface area contributed by atoms with E-state index in [9.17, 15) is 0 Å². The summed E-state index contributed by atoms with van der Waals surface area (Å²) in [5, 5.41) is 3.81. The third-order valence-electron chi connectivity index (χ3n) is 7.18. The van der Waals surface area contributed by atoms with E-state index in [0.29, 0.717) is 0 Å². The van der Waals surface area contributed by atoms with Crippen LogP contribution in [-0.2, 0) is 24.3 Å². The zero-order valence-electron chi connectivity index (χ0n) is 14.1. The van der Waals surface area contributed by atoms with Crippen molar-refractivity contribution in [3.05, 3.63) is 34.9 Å². The highest BCUT2D eigenvalue weighted by Crippen LogP contribution is 2.56. The van der Waals surface area contributed by atoms with Crippen LogP contribution < -0.4 is 5.32 Å². The number of hydrogen-bond donors (Lipinski definition) is 1. The van der Waals surface area contributed by atoms with Crippen molar-refractivity contribution in [1.82, 2.24) is 5.32 Å². The quantitative estimate of drug-likeness (QED) is 0.910. The molecule has 5 aliphatic rings. The lowest BCUT2D eigenvalue weighted by Gasteiger charge is -2.54. The molecule has 0 unspecified atom stereocenters. The first-order valence-corrected chi connectivity index (χ1v) is 9.74. The van der Waals surface area contributed by atoms with Gasteiger partial charge < -0.3 is 10.1 Å². The van der Waals surface area contributed by atoms with E-state index < -0.39 is 0 Å². The molecule has 4 bridgehead atoms. The number of fused-ring (bicyclic) bond motifs is 1. The van der Waals surface area contributed by atoms with Gasteiger partial charge in [0.05, 0.1) is 13.2 Å². The Kier molecular flexibility index (Phi) is 3.71. The molecule has 0 radical (unpaired) electrons. The molecule has 0 amide bonds. The van der Waals surface area contributed by atoms with Gasteiger partial charge in [-0.15, -0.1) is 0 Å². The Hall–Kier alpha value is -0.860. The van der Waals surface area contributed by atoms with Crippen molar-refractivity contribution in [2.75, 3.05) is 13.2 Å². The second-order valence-electron chi connectivity index (χ2n) is 8.63. The van der Waals surface area contributed by atoms with Crippen LogP contribution in [0.25, 0.3) is 0 Å². The molecule has 0 saturated heterocycles. The molecule has 4 fully saturated rings. The molecule has 4 saturated carbocycles. The maximum Gasteiger partial charge on any atom is 0.0719 e. The SMILES string of the molecule is c1cc2c(cc1CNCC1C3CC4CC(C3)CC1C4)CCOC2. The Labute approximate surface area is 140 Å². The summed E-state index contributed by atoms with van der Waals surface area (Å²) in [5.41, 5.74) is 4.35. The van der Waals surface area contributed by atoms with E-state index in [0.717, 1.165) is 55.8 Å². The van der Waals surface area contributed by atoms with Crippen LogP contribution in [0.1, 0.15) is 48.8 Å². The normalized spacial score (nSPS) is 37.8. The summed E-state index contributed by atoms with van der Waals surface area (Å²) >= 11 is 0. The van der Waals surface area contributed by atoms with Crippen LogP contribution in [0.5, 0.6) is 0 Å². The third kappa shape index (κ3) is 2.74. The van der Waals surface area contributed by atoms with Gasteiger partial charge >= 0.3 is 0 Å². The first-order chi connectivity index (χ1) is 11.3. The van der Waals surface area contributed by atoms with Gasteiger partial charge in [-0.25, -0.2) is 0 Å². The molecule has 0 atom stereocenters. The van der Waals surface area contributed by atoms with Gasteiger partial charge in [-0.1, -0.05) is 18.2 Å². The molecular weight excluding hydrogens is 282 g/mol. The third-order valence-corrected chi connectivity index (χ3v) is 7.18. The molecule has 1 aromatic carbocycles. The van der Waals surface area contributed by atoms with Crippen molar-refractivity contribution in [1.29, 1.82) is 0 Å². The maximum absolute atomic E-state index is 5.54. The second-order valence-corrected chi connectivity index (χ2v) is 8.63. The van der Waals surface area contributed by atoms with Crippen LogP contribution in [0.15, 0.2) is 18.2 Å². The average molecular weight is 311 g/mol. The Bertz CT molecular complexity index is 553. The van der Waals surface area contributed by atoms with E-state index in [-0.39, 0.29) is 0 Å². The minimum Gasteiger partial charge on any atom is -0.376 e. The van der Waals surface area contributed by atoms with Crippen molar-refractivity contribution in [3.63, 3.8) is 0 Å². The molecule has 2 nitrogen and oxygen atoms in total. The highest BCUT2D eigenvalue weighted by Gasteiger charge is 2.47. The molecule has 1 N–H and O–H groups in total. The second kappa shape index (κ2) is 5.89. The smallest absolute Gasteiger partial charge is 0.0719 e. The number of hydrogen-bond acceptors (Lipinski definition) is 2. The van der Waals surface area contributed by atoms with Gasteiger partial charge in [0, 0.05) is 6.54 Å². The first kappa shape index (κ1) is 14.5. The van der Waals surface area contributed by atoms with Crippen molar-refractivity contribution in [3.8, 4) is 0 Å². The van der Waals surface area contributed by atoms with E-state index in [2.05, 4.69) is 23.5 Å². The minimum atomic E-state index is 0.802. The van der Waals surface area contributed by atoms with Crippen LogP contribution in [-0.4, -0.2) is 13.2 Å². The fourth-order valence-corrected chi connectivity index (χ4v) is 6.28. The molecule has 6 rings (SSSR count). The van der Waals surface area contributed by atoms with Crippen LogP contribution in [0.4, 0.5) is 0 Å². The monoisotopic (exact) mass is 311 g/mol. The van der Waals surface area contributed by atoms with E-state index in [1.165, 1.54) is 48.9 Å². The van der Waals surface area contributed by atoms with Gasteiger partial charge in [0.2, 0.25) is 0 Å². The average Bonchev–Trinajstić information content (AvgIpc) is 2.56. The van der Waals surface area contributed by atoms with E-state index in [1.54, 1.807) is 6.42 Å². The lowest BCUT2D eigenvalue weighted by atomic mass is 9.52. The van der Waals surface area contributed by atoms with Gasteiger partial charge in [-0.3, -0.25) is 0 Å². The van der Waals surface area contributed by atoms with Gasteiger partial charge in [0.1, 0.15) is 0 Å². The largest absolute Gasteiger partial charge is 0.376 e.